The average Bonchev–Trinajstić information content (AvgIpc) is 2.71. The lowest BCUT2D eigenvalue weighted by Crippen LogP contribution is -2.10. The first-order valence-corrected chi connectivity index (χ1v) is 6.03. The second-order valence-electron chi connectivity index (χ2n) is 4.05. The van der Waals surface area contributed by atoms with Crippen LogP contribution in [0.3, 0.4) is 0 Å². The van der Waals surface area contributed by atoms with Gasteiger partial charge in [0.05, 0.1) is 11.4 Å². The van der Waals surface area contributed by atoms with Gasteiger partial charge >= 0.3 is 0 Å². The van der Waals surface area contributed by atoms with Gasteiger partial charge in [-0.3, -0.25) is 4.68 Å². The van der Waals surface area contributed by atoms with E-state index in [2.05, 4.69) is 25.4 Å². The van der Waals surface area contributed by atoms with Gasteiger partial charge in [0.1, 0.15) is 6.33 Å². The van der Waals surface area contributed by atoms with Gasteiger partial charge < -0.3 is 5.32 Å². The molecule has 0 amide bonds. The quantitative estimate of drug-likeness (QED) is 0.909. The van der Waals surface area contributed by atoms with Crippen molar-refractivity contribution in [1.29, 1.82) is 0 Å². The molecule has 96 valence electrons. The van der Waals surface area contributed by atoms with Gasteiger partial charge in [0.15, 0.2) is 16.8 Å². The van der Waals surface area contributed by atoms with E-state index < -0.39 is 0 Å². The van der Waals surface area contributed by atoms with Crippen LogP contribution in [0.4, 0.5) is 5.82 Å². The zero-order chi connectivity index (χ0) is 13.1. The molecule has 0 unspecified atom stereocenters. The highest BCUT2D eigenvalue weighted by Crippen LogP contribution is 2.18. The van der Waals surface area contributed by atoms with Crippen molar-refractivity contribution in [2.75, 3.05) is 11.9 Å². The Kier molecular flexibility index (Phi) is 3.76. The largest absolute Gasteiger partial charge is 0.367 e. The molecule has 0 aliphatic heterocycles. The fourth-order valence-electron chi connectivity index (χ4n) is 1.48. The van der Waals surface area contributed by atoms with Crippen molar-refractivity contribution >= 4 is 17.4 Å². The van der Waals surface area contributed by atoms with E-state index in [9.17, 15) is 0 Å². The molecule has 0 spiro atoms. The second kappa shape index (κ2) is 5.30. The van der Waals surface area contributed by atoms with Crippen LogP contribution in [-0.2, 0) is 13.5 Å². The third-order valence-corrected chi connectivity index (χ3v) is 2.82. The Morgan fingerprint density at radius 1 is 1.28 bits per heavy atom. The SMILES string of the molecule is Cc1nc(Cl)c(NCCc2ncn(C)n2)nc1C. The van der Waals surface area contributed by atoms with Crippen molar-refractivity contribution in [3.63, 3.8) is 0 Å². The molecule has 0 saturated heterocycles. The number of hydrogen-bond acceptors (Lipinski definition) is 5. The number of nitrogens with one attached hydrogen (secondary N) is 1. The summed E-state index contributed by atoms with van der Waals surface area (Å²) in [6, 6.07) is 0. The van der Waals surface area contributed by atoms with Gasteiger partial charge in [0, 0.05) is 20.0 Å². The van der Waals surface area contributed by atoms with E-state index in [1.54, 1.807) is 11.0 Å². The predicted molar refractivity (Wildman–Crippen MR) is 69.7 cm³/mol. The molecule has 2 aromatic rings. The van der Waals surface area contributed by atoms with Gasteiger partial charge in [-0.05, 0) is 13.8 Å². The van der Waals surface area contributed by atoms with Gasteiger partial charge in [0.2, 0.25) is 0 Å². The van der Waals surface area contributed by atoms with Gasteiger partial charge in [-0.1, -0.05) is 11.6 Å². The van der Waals surface area contributed by atoms with Crippen LogP contribution in [0.2, 0.25) is 5.15 Å². The number of aryl methyl sites for hydroxylation is 3. The molecule has 2 rings (SSSR count). The normalized spacial score (nSPS) is 10.7. The number of halogens is 1. The zero-order valence-electron chi connectivity index (χ0n) is 10.6. The van der Waals surface area contributed by atoms with Crippen LogP contribution >= 0.6 is 11.6 Å². The minimum absolute atomic E-state index is 0.395. The summed E-state index contributed by atoms with van der Waals surface area (Å²) in [7, 11) is 1.84. The number of nitrogens with zero attached hydrogens (tertiary/aromatic N) is 5. The van der Waals surface area contributed by atoms with Gasteiger partial charge in [-0.15, -0.1) is 0 Å². The minimum Gasteiger partial charge on any atom is -0.367 e. The summed E-state index contributed by atoms with van der Waals surface area (Å²) in [6.07, 6.45) is 2.39. The number of aromatic nitrogens is 5. The molecule has 2 aromatic heterocycles. The van der Waals surface area contributed by atoms with Crippen molar-refractivity contribution < 1.29 is 0 Å². The van der Waals surface area contributed by atoms with E-state index in [-0.39, 0.29) is 0 Å². The second-order valence-corrected chi connectivity index (χ2v) is 4.40. The topological polar surface area (TPSA) is 68.5 Å². The maximum absolute atomic E-state index is 6.02. The van der Waals surface area contributed by atoms with Gasteiger partial charge in [0.25, 0.3) is 0 Å². The Morgan fingerprint density at radius 2 is 2.00 bits per heavy atom. The lowest BCUT2D eigenvalue weighted by Gasteiger charge is -2.08. The van der Waals surface area contributed by atoms with E-state index >= 15 is 0 Å². The Bertz CT molecular complexity index is 550. The molecule has 0 atom stereocenters. The van der Waals surface area contributed by atoms with E-state index in [1.165, 1.54) is 0 Å². The first-order valence-electron chi connectivity index (χ1n) is 5.65. The standard InChI is InChI=1S/C11H15ClN6/c1-7-8(2)16-11(10(12)15-7)13-5-4-9-14-6-18(3)17-9/h6H,4-5H2,1-3H3,(H,13,16). The summed E-state index contributed by atoms with van der Waals surface area (Å²) >= 11 is 6.02. The zero-order valence-corrected chi connectivity index (χ0v) is 11.4. The molecule has 6 nitrogen and oxygen atoms in total. The smallest absolute Gasteiger partial charge is 0.171 e. The first-order chi connectivity index (χ1) is 8.56. The van der Waals surface area contributed by atoms with Crippen molar-refractivity contribution in [2.45, 2.75) is 20.3 Å². The Hall–Kier alpha value is -1.69. The molecule has 0 saturated carbocycles. The van der Waals surface area contributed by atoms with E-state index in [0.717, 1.165) is 17.2 Å². The van der Waals surface area contributed by atoms with Crippen LogP contribution in [0.25, 0.3) is 0 Å². The Labute approximate surface area is 110 Å². The molecule has 0 aromatic carbocycles. The summed E-state index contributed by atoms with van der Waals surface area (Å²) in [5.74, 6) is 1.40. The van der Waals surface area contributed by atoms with Crippen LogP contribution < -0.4 is 5.32 Å². The molecule has 0 radical (unpaired) electrons. The summed E-state index contributed by atoms with van der Waals surface area (Å²) in [6.45, 7) is 4.46. The van der Waals surface area contributed by atoms with Crippen molar-refractivity contribution in [3.8, 4) is 0 Å². The molecule has 2 heterocycles. The predicted octanol–water partition coefficient (Wildman–Crippen LogP) is 1.53. The van der Waals surface area contributed by atoms with Crippen molar-refractivity contribution in [2.24, 2.45) is 7.05 Å². The van der Waals surface area contributed by atoms with Crippen molar-refractivity contribution in [1.82, 2.24) is 24.7 Å². The molecular weight excluding hydrogens is 252 g/mol. The lowest BCUT2D eigenvalue weighted by atomic mass is 10.3. The molecule has 0 aliphatic carbocycles. The molecule has 18 heavy (non-hydrogen) atoms. The highest BCUT2D eigenvalue weighted by atomic mass is 35.5. The Balaban J connectivity index is 1.96. The highest BCUT2D eigenvalue weighted by Gasteiger charge is 2.07. The monoisotopic (exact) mass is 266 g/mol. The number of rotatable bonds is 4. The third-order valence-electron chi connectivity index (χ3n) is 2.55. The van der Waals surface area contributed by atoms with Crippen LogP contribution in [0.1, 0.15) is 17.2 Å². The summed E-state index contributed by atoms with van der Waals surface area (Å²) in [4.78, 5) is 12.7. The molecule has 0 fully saturated rings. The summed E-state index contributed by atoms with van der Waals surface area (Å²) in [5, 5.41) is 7.73. The highest BCUT2D eigenvalue weighted by molar-refractivity contribution is 6.31. The summed E-state index contributed by atoms with van der Waals surface area (Å²) < 4.78 is 1.68. The molecule has 0 aliphatic rings. The maximum Gasteiger partial charge on any atom is 0.171 e. The van der Waals surface area contributed by atoms with Crippen LogP contribution in [0, 0.1) is 13.8 Å². The van der Waals surface area contributed by atoms with Crippen molar-refractivity contribution in [3.05, 3.63) is 28.7 Å². The van der Waals surface area contributed by atoms with E-state index in [1.807, 2.05) is 20.9 Å². The first kappa shape index (κ1) is 12.8. The Morgan fingerprint density at radius 3 is 2.67 bits per heavy atom. The fourth-order valence-corrected chi connectivity index (χ4v) is 1.72. The molecule has 7 heteroatoms. The third kappa shape index (κ3) is 2.95. The molecule has 0 bridgehead atoms. The van der Waals surface area contributed by atoms with E-state index in [4.69, 9.17) is 11.6 Å². The fraction of sp³-hybridized carbons (Fsp3) is 0.455. The maximum atomic E-state index is 6.02. The number of hydrogen-bond donors (Lipinski definition) is 1. The average molecular weight is 267 g/mol. The van der Waals surface area contributed by atoms with Crippen LogP contribution in [-0.4, -0.2) is 31.3 Å². The summed E-state index contributed by atoms with van der Waals surface area (Å²) in [5.41, 5.74) is 1.72. The number of anilines is 1. The minimum atomic E-state index is 0.395. The lowest BCUT2D eigenvalue weighted by molar-refractivity contribution is 0.741. The van der Waals surface area contributed by atoms with E-state index in [0.29, 0.717) is 23.9 Å². The van der Waals surface area contributed by atoms with Crippen LogP contribution in [0.5, 0.6) is 0 Å². The van der Waals surface area contributed by atoms with Gasteiger partial charge in [-0.25, -0.2) is 15.0 Å². The van der Waals surface area contributed by atoms with Gasteiger partial charge in [-0.2, -0.15) is 5.10 Å². The molecular formula is C11H15ClN6. The molecule has 1 N–H and O–H groups in total. The van der Waals surface area contributed by atoms with Crippen LogP contribution in [0.15, 0.2) is 6.33 Å².